The van der Waals surface area contributed by atoms with Gasteiger partial charge in [0, 0.05) is 6.04 Å². The third-order valence-electron chi connectivity index (χ3n) is 2.78. The SMILES string of the molecule is CCCCCCCC(CC(=O)O)N(C)C. The van der Waals surface area contributed by atoms with Crippen LogP contribution in [-0.4, -0.2) is 36.1 Å². The fourth-order valence-corrected chi connectivity index (χ4v) is 1.73. The number of carboxylic acid groups (broad SMARTS) is 1. The van der Waals surface area contributed by atoms with Crippen molar-refractivity contribution in [3.8, 4) is 0 Å². The molecule has 0 amide bonds. The first-order valence-electron chi connectivity index (χ1n) is 5.96. The summed E-state index contributed by atoms with van der Waals surface area (Å²) in [6, 6.07) is 0.198. The number of aliphatic carboxylic acids is 1. The molecular weight excluding hydrogens is 190 g/mol. The molecule has 0 saturated carbocycles. The monoisotopic (exact) mass is 215 g/mol. The summed E-state index contributed by atoms with van der Waals surface area (Å²) in [7, 11) is 3.92. The summed E-state index contributed by atoms with van der Waals surface area (Å²) in [5.41, 5.74) is 0. The van der Waals surface area contributed by atoms with Crippen molar-refractivity contribution in [2.45, 2.75) is 57.9 Å². The van der Waals surface area contributed by atoms with Gasteiger partial charge in [-0.3, -0.25) is 4.79 Å². The van der Waals surface area contributed by atoms with Gasteiger partial charge in [0.15, 0.2) is 0 Å². The lowest BCUT2D eigenvalue weighted by Crippen LogP contribution is -2.30. The highest BCUT2D eigenvalue weighted by atomic mass is 16.4. The Kier molecular flexibility index (Phi) is 8.38. The Morgan fingerprint density at radius 1 is 1.20 bits per heavy atom. The van der Waals surface area contributed by atoms with Crippen LogP contribution in [0.1, 0.15) is 51.9 Å². The van der Waals surface area contributed by atoms with Crippen molar-refractivity contribution in [3.05, 3.63) is 0 Å². The van der Waals surface area contributed by atoms with Gasteiger partial charge in [-0.2, -0.15) is 0 Å². The van der Waals surface area contributed by atoms with Crippen LogP contribution >= 0.6 is 0 Å². The molecule has 0 bridgehead atoms. The molecule has 0 rings (SSSR count). The quantitative estimate of drug-likeness (QED) is 0.601. The third kappa shape index (κ3) is 8.43. The molecule has 15 heavy (non-hydrogen) atoms. The van der Waals surface area contributed by atoms with Crippen LogP contribution in [0.4, 0.5) is 0 Å². The molecule has 3 heteroatoms. The summed E-state index contributed by atoms with van der Waals surface area (Å²) >= 11 is 0. The molecule has 0 aliphatic rings. The first-order chi connectivity index (χ1) is 7.07. The molecule has 0 fully saturated rings. The third-order valence-corrected chi connectivity index (χ3v) is 2.78. The van der Waals surface area contributed by atoms with Gasteiger partial charge in [-0.25, -0.2) is 0 Å². The largest absolute Gasteiger partial charge is 0.481 e. The number of unbranched alkanes of at least 4 members (excludes halogenated alkanes) is 4. The van der Waals surface area contributed by atoms with Crippen molar-refractivity contribution in [1.82, 2.24) is 4.90 Å². The average Bonchev–Trinajstić information content (AvgIpc) is 2.15. The molecule has 90 valence electrons. The zero-order chi connectivity index (χ0) is 11.7. The lowest BCUT2D eigenvalue weighted by atomic mass is 10.0. The molecule has 0 aromatic carbocycles. The second-order valence-electron chi connectivity index (χ2n) is 4.42. The average molecular weight is 215 g/mol. The second-order valence-corrected chi connectivity index (χ2v) is 4.42. The summed E-state index contributed by atoms with van der Waals surface area (Å²) < 4.78 is 0. The van der Waals surface area contributed by atoms with E-state index in [1.807, 2.05) is 19.0 Å². The van der Waals surface area contributed by atoms with Gasteiger partial charge >= 0.3 is 5.97 Å². The van der Waals surface area contributed by atoms with Crippen LogP contribution in [0.5, 0.6) is 0 Å². The van der Waals surface area contributed by atoms with E-state index in [4.69, 9.17) is 5.11 Å². The molecule has 0 aromatic rings. The van der Waals surface area contributed by atoms with Gasteiger partial charge < -0.3 is 10.0 Å². The highest BCUT2D eigenvalue weighted by molar-refractivity contribution is 5.67. The Morgan fingerprint density at radius 3 is 2.27 bits per heavy atom. The molecule has 0 aromatic heterocycles. The highest BCUT2D eigenvalue weighted by Crippen LogP contribution is 2.12. The van der Waals surface area contributed by atoms with Crippen LogP contribution in [0.15, 0.2) is 0 Å². The second kappa shape index (κ2) is 8.72. The van der Waals surface area contributed by atoms with E-state index < -0.39 is 5.97 Å². The topological polar surface area (TPSA) is 40.5 Å². The van der Waals surface area contributed by atoms with E-state index in [0.29, 0.717) is 0 Å². The number of carboxylic acids is 1. The summed E-state index contributed by atoms with van der Waals surface area (Å²) in [6.45, 7) is 2.20. The number of hydrogen-bond acceptors (Lipinski definition) is 2. The fourth-order valence-electron chi connectivity index (χ4n) is 1.73. The van der Waals surface area contributed by atoms with Crippen LogP contribution in [0.2, 0.25) is 0 Å². The molecule has 0 spiro atoms. The van der Waals surface area contributed by atoms with Crippen molar-refractivity contribution >= 4 is 5.97 Å². The minimum absolute atomic E-state index is 0.198. The van der Waals surface area contributed by atoms with Crippen LogP contribution in [0.25, 0.3) is 0 Å². The van der Waals surface area contributed by atoms with Gasteiger partial charge in [0.25, 0.3) is 0 Å². The molecule has 1 N–H and O–H groups in total. The van der Waals surface area contributed by atoms with Crippen LogP contribution in [0, 0.1) is 0 Å². The van der Waals surface area contributed by atoms with Gasteiger partial charge in [0.1, 0.15) is 0 Å². The van der Waals surface area contributed by atoms with Crippen LogP contribution in [0.3, 0.4) is 0 Å². The van der Waals surface area contributed by atoms with Crippen molar-refractivity contribution in [2.24, 2.45) is 0 Å². The van der Waals surface area contributed by atoms with Crippen molar-refractivity contribution in [3.63, 3.8) is 0 Å². The first-order valence-corrected chi connectivity index (χ1v) is 5.96. The summed E-state index contributed by atoms with van der Waals surface area (Å²) in [5, 5.41) is 8.75. The maximum absolute atomic E-state index is 10.6. The number of hydrogen-bond donors (Lipinski definition) is 1. The van der Waals surface area contributed by atoms with E-state index in [-0.39, 0.29) is 12.5 Å². The Labute approximate surface area is 93.5 Å². The lowest BCUT2D eigenvalue weighted by Gasteiger charge is -2.22. The molecule has 1 unspecified atom stereocenters. The van der Waals surface area contributed by atoms with Gasteiger partial charge in [-0.05, 0) is 20.5 Å². The zero-order valence-corrected chi connectivity index (χ0v) is 10.3. The van der Waals surface area contributed by atoms with Crippen LogP contribution < -0.4 is 0 Å². The zero-order valence-electron chi connectivity index (χ0n) is 10.3. The van der Waals surface area contributed by atoms with Gasteiger partial charge in [-0.15, -0.1) is 0 Å². The van der Waals surface area contributed by atoms with Crippen LogP contribution in [-0.2, 0) is 4.79 Å². The normalized spacial score (nSPS) is 13.1. The number of carbonyl (C=O) groups is 1. The van der Waals surface area contributed by atoms with E-state index in [0.717, 1.165) is 12.8 Å². The Morgan fingerprint density at radius 2 is 1.80 bits per heavy atom. The maximum Gasteiger partial charge on any atom is 0.304 e. The van der Waals surface area contributed by atoms with Crippen molar-refractivity contribution in [1.29, 1.82) is 0 Å². The standard InChI is InChI=1S/C12H25NO2/c1-4-5-6-7-8-9-11(13(2)3)10-12(14)15/h11H,4-10H2,1-3H3,(H,14,15). The molecule has 0 radical (unpaired) electrons. The molecule has 0 aliphatic heterocycles. The van der Waals surface area contributed by atoms with E-state index in [1.54, 1.807) is 0 Å². The smallest absolute Gasteiger partial charge is 0.304 e. The van der Waals surface area contributed by atoms with E-state index in [9.17, 15) is 4.79 Å². The molecule has 0 heterocycles. The van der Waals surface area contributed by atoms with E-state index in [2.05, 4.69) is 6.92 Å². The molecule has 1 atom stereocenters. The number of rotatable bonds is 9. The summed E-state index contributed by atoms with van der Waals surface area (Å²) in [5.74, 6) is -0.692. The Balaban J connectivity index is 3.62. The Hall–Kier alpha value is -0.570. The molecular formula is C12H25NO2. The van der Waals surface area contributed by atoms with E-state index in [1.165, 1.54) is 25.7 Å². The predicted octanol–water partition coefficient (Wildman–Crippen LogP) is 2.75. The summed E-state index contributed by atoms with van der Waals surface area (Å²) in [4.78, 5) is 12.6. The van der Waals surface area contributed by atoms with Gasteiger partial charge in [0.05, 0.1) is 6.42 Å². The Bertz CT molecular complexity index is 169. The minimum atomic E-state index is -0.692. The maximum atomic E-state index is 10.6. The van der Waals surface area contributed by atoms with Crippen molar-refractivity contribution in [2.75, 3.05) is 14.1 Å². The first kappa shape index (κ1) is 14.4. The summed E-state index contributed by atoms with van der Waals surface area (Å²) in [6.07, 6.45) is 7.49. The predicted molar refractivity (Wildman–Crippen MR) is 63.1 cm³/mol. The fraction of sp³-hybridized carbons (Fsp3) is 0.917. The highest BCUT2D eigenvalue weighted by Gasteiger charge is 2.14. The van der Waals surface area contributed by atoms with Gasteiger partial charge in [0.2, 0.25) is 0 Å². The molecule has 0 aliphatic carbocycles. The molecule has 3 nitrogen and oxygen atoms in total. The van der Waals surface area contributed by atoms with Gasteiger partial charge in [-0.1, -0.05) is 39.0 Å². The minimum Gasteiger partial charge on any atom is -0.481 e. The van der Waals surface area contributed by atoms with Crippen molar-refractivity contribution < 1.29 is 9.90 Å². The van der Waals surface area contributed by atoms with E-state index >= 15 is 0 Å². The molecule has 0 saturated heterocycles. The lowest BCUT2D eigenvalue weighted by molar-refractivity contribution is -0.138. The number of nitrogens with zero attached hydrogens (tertiary/aromatic N) is 1.